The van der Waals surface area contributed by atoms with Gasteiger partial charge in [-0.15, -0.1) is 11.3 Å². The molecule has 3 aromatic rings. The molecule has 0 saturated carbocycles. The lowest BCUT2D eigenvalue weighted by atomic mass is 10.4. The van der Waals surface area contributed by atoms with Crippen LogP contribution in [0.5, 0.6) is 0 Å². The minimum absolute atomic E-state index is 0.0937. The Morgan fingerprint density at radius 3 is 2.77 bits per heavy atom. The first-order valence-electron chi connectivity index (χ1n) is 7.62. The van der Waals surface area contributed by atoms with Gasteiger partial charge in [-0.2, -0.15) is 0 Å². The zero-order valence-electron chi connectivity index (χ0n) is 13.5. The van der Waals surface area contributed by atoms with E-state index in [1.807, 2.05) is 0 Å². The molecule has 0 saturated heterocycles. The van der Waals surface area contributed by atoms with Crippen LogP contribution in [0.3, 0.4) is 0 Å². The number of benzene rings is 1. The lowest BCUT2D eigenvalue weighted by Crippen LogP contribution is -2.26. The van der Waals surface area contributed by atoms with Crippen molar-refractivity contribution in [3.63, 3.8) is 0 Å². The van der Waals surface area contributed by atoms with Crippen LogP contribution in [0.4, 0.5) is 0 Å². The van der Waals surface area contributed by atoms with Crippen molar-refractivity contribution in [3.05, 3.63) is 58.0 Å². The van der Waals surface area contributed by atoms with Crippen molar-refractivity contribution in [3.8, 4) is 0 Å². The number of thiophene rings is 1. The molecular weight excluding hydrogens is 378 g/mol. The number of nitrogens with zero attached hydrogens (tertiary/aromatic N) is 1. The molecule has 1 aromatic carbocycles. The number of hydrogen-bond acceptors (Lipinski definition) is 7. The number of carbonyl (C=O) groups excluding carboxylic acids is 1. The Kier molecular flexibility index (Phi) is 5.45. The van der Waals surface area contributed by atoms with Gasteiger partial charge < -0.3 is 9.72 Å². The van der Waals surface area contributed by atoms with Crippen LogP contribution < -0.4 is 10.3 Å². The molecule has 0 atom stereocenters. The lowest BCUT2D eigenvalue weighted by Gasteiger charge is -2.07. The van der Waals surface area contributed by atoms with Crippen molar-refractivity contribution in [1.29, 1.82) is 0 Å². The maximum absolute atomic E-state index is 12.0. The molecule has 26 heavy (non-hydrogen) atoms. The topological polar surface area (TPSA) is 118 Å². The smallest absolute Gasteiger partial charge is 0.307 e. The minimum atomic E-state index is -3.66. The first-order chi connectivity index (χ1) is 12.5. The van der Waals surface area contributed by atoms with Crippen LogP contribution in [-0.4, -0.2) is 30.9 Å². The summed E-state index contributed by atoms with van der Waals surface area (Å²) in [6.07, 6.45) is -0.142. The van der Waals surface area contributed by atoms with Gasteiger partial charge in [-0.25, -0.2) is 18.1 Å². The first kappa shape index (κ1) is 18.2. The molecule has 0 radical (unpaired) electrons. The molecule has 0 aliphatic carbocycles. The van der Waals surface area contributed by atoms with Crippen LogP contribution in [0.1, 0.15) is 12.2 Å². The summed E-state index contributed by atoms with van der Waals surface area (Å²) in [4.78, 5) is 30.4. The fourth-order valence-corrected chi connectivity index (χ4v) is 3.96. The Morgan fingerprint density at radius 2 is 2.00 bits per heavy atom. The van der Waals surface area contributed by atoms with E-state index in [9.17, 15) is 18.0 Å². The average molecular weight is 393 g/mol. The molecule has 0 aliphatic heterocycles. The van der Waals surface area contributed by atoms with Crippen molar-refractivity contribution >= 4 is 37.5 Å². The molecule has 0 bridgehead atoms. The largest absolute Gasteiger partial charge is 0.457 e. The number of esters is 1. The van der Waals surface area contributed by atoms with Crippen molar-refractivity contribution in [2.24, 2.45) is 0 Å². The number of carbonyl (C=O) groups is 1. The molecule has 0 amide bonds. The van der Waals surface area contributed by atoms with Crippen LogP contribution in [0.15, 0.2) is 51.5 Å². The summed E-state index contributed by atoms with van der Waals surface area (Å²) >= 11 is 1.28. The van der Waals surface area contributed by atoms with E-state index in [4.69, 9.17) is 4.74 Å². The normalized spacial score (nSPS) is 11.5. The summed E-state index contributed by atoms with van der Waals surface area (Å²) in [5.74, 6) is -0.368. The van der Waals surface area contributed by atoms with Crippen LogP contribution in [0.2, 0.25) is 0 Å². The fourth-order valence-electron chi connectivity index (χ4n) is 2.18. The van der Waals surface area contributed by atoms with Gasteiger partial charge in [0.15, 0.2) is 0 Å². The van der Waals surface area contributed by atoms with Gasteiger partial charge in [-0.3, -0.25) is 9.59 Å². The first-order valence-corrected chi connectivity index (χ1v) is 9.99. The van der Waals surface area contributed by atoms with E-state index in [2.05, 4.69) is 14.7 Å². The monoisotopic (exact) mass is 393 g/mol. The molecule has 0 fully saturated rings. The van der Waals surface area contributed by atoms with Crippen molar-refractivity contribution in [2.75, 3.05) is 6.54 Å². The molecule has 2 N–H and O–H groups in total. The number of aromatic amines is 1. The number of aromatic nitrogens is 2. The predicted octanol–water partition coefficient (Wildman–Crippen LogP) is 1.40. The Bertz CT molecular complexity index is 1070. The van der Waals surface area contributed by atoms with Crippen molar-refractivity contribution in [1.82, 2.24) is 14.7 Å². The van der Waals surface area contributed by atoms with Gasteiger partial charge in [0.2, 0.25) is 10.0 Å². The number of nitrogens with one attached hydrogen (secondary N) is 2. The highest BCUT2D eigenvalue weighted by Gasteiger charge is 2.14. The zero-order chi connectivity index (χ0) is 18.6. The van der Waals surface area contributed by atoms with Crippen molar-refractivity contribution in [2.45, 2.75) is 17.9 Å². The Balaban J connectivity index is 1.50. The number of H-pyrrole nitrogens is 1. The van der Waals surface area contributed by atoms with E-state index < -0.39 is 16.0 Å². The molecule has 0 spiro atoms. The minimum Gasteiger partial charge on any atom is -0.457 e. The van der Waals surface area contributed by atoms with E-state index in [-0.39, 0.29) is 35.9 Å². The van der Waals surface area contributed by atoms with Gasteiger partial charge in [0.25, 0.3) is 5.56 Å². The zero-order valence-corrected chi connectivity index (χ0v) is 15.1. The van der Waals surface area contributed by atoms with E-state index in [0.29, 0.717) is 10.2 Å². The number of rotatable bonds is 7. The third-order valence-corrected chi connectivity index (χ3v) is 5.79. The maximum atomic E-state index is 12.0. The second-order valence-corrected chi connectivity index (χ2v) is 7.95. The quantitative estimate of drug-likeness (QED) is 0.586. The SMILES string of the molecule is O=C(CCNS(=O)(=O)c1ccccc1)OCc1nc2ccsc2c(=O)[nH]1. The van der Waals surface area contributed by atoms with Gasteiger partial charge in [0.05, 0.1) is 16.8 Å². The molecule has 3 rings (SSSR count). The van der Waals surface area contributed by atoms with Gasteiger partial charge in [-0.1, -0.05) is 18.2 Å². The van der Waals surface area contributed by atoms with Crippen LogP contribution in [-0.2, 0) is 26.2 Å². The predicted molar refractivity (Wildman–Crippen MR) is 96.3 cm³/mol. The number of hydrogen-bond donors (Lipinski definition) is 2. The Labute approximate surface area is 152 Å². The second kappa shape index (κ2) is 7.77. The summed E-state index contributed by atoms with van der Waals surface area (Å²) in [5, 5.41) is 1.75. The lowest BCUT2D eigenvalue weighted by molar-refractivity contribution is -0.145. The second-order valence-electron chi connectivity index (χ2n) is 5.27. The average Bonchev–Trinajstić information content (AvgIpc) is 3.10. The molecule has 8 nitrogen and oxygen atoms in total. The van der Waals surface area contributed by atoms with Crippen LogP contribution >= 0.6 is 11.3 Å². The summed E-state index contributed by atoms with van der Waals surface area (Å²) in [6, 6.07) is 9.56. The molecule has 0 unspecified atom stereocenters. The molecule has 2 heterocycles. The molecule has 0 aliphatic rings. The van der Waals surface area contributed by atoms with E-state index in [1.54, 1.807) is 29.6 Å². The van der Waals surface area contributed by atoms with Gasteiger partial charge in [-0.05, 0) is 23.6 Å². The van der Waals surface area contributed by atoms with E-state index in [0.717, 1.165) is 0 Å². The van der Waals surface area contributed by atoms with Gasteiger partial charge in [0, 0.05) is 6.54 Å². The van der Waals surface area contributed by atoms with Crippen LogP contribution in [0, 0.1) is 0 Å². The molecule has 10 heteroatoms. The van der Waals surface area contributed by atoms with Gasteiger partial charge >= 0.3 is 5.97 Å². The summed E-state index contributed by atoms with van der Waals surface area (Å²) in [5.41, 5.74) is 0.257. The number of ether oxygens (including phenoxy) is 1. The third kappa shape index (κ3) is 4.34. The van der Waals surface area contributed by atoms with E-state index in [1.165, 1.54) is 23.5 Å². The van der Waals surface area contributed by atoms with Crippen LogP contribution in [0.25, 0.3) is 10.2 Å². The number of sulfonamides is 1. The summed E-state index contributed by atoms with van der Waals surface area (Å²) < 4.78 is 31.9. The fraction of sp³-hybridized carbons (Fsp3) is 0.188. The highest BCUT2D eigenvalue weighted by Crippen LogP contribution is 2.13. The Morgan fingerprint density at radius 1 is 1.23 bits per heavy atom. The standard InChI is InChI=1S/C16H15N3O5S2/c20-14(6-8-17-26(22,23)11-4-2-1-3-5-11)24-10-13-18-12-7-9-25-15(12)16(21)19-13/h1-5,7,9,17H,6,8,10H2,(H,18,19,21). The highest BCUT2D eigenvalue weighted by molar-refractivity contribution is 7.89. The Hall–Kier alpha value is -2.56. The highest BCUT2D eigenvalue weighted by atomic mass is 32.2. The number of fused-ring (bicyclic) bond motifs is 1. The molecular formula is C16H15N3O5S2. The summed E-state index contributed by atoms with van der Waals surface area (Å²) in [7, 11) is -3.66. The van der Waals surface area contributed by atoms with Gasteiger partial charge in [0.1, 0.15) is 17.1 Å². The molecule has 2 aromatic heterocycles. The third-order valence-electron chi connectivity index (χ3n) is 3.41. The molecule has 136 valence electrons. The van der Waals surface area contributed by atoms with Crippen molar-refractivity contribution < 1.29 is 17.9 Å². The maximum Gasteiger partial charge on any atom is 0.307 e. The van der Waals surface area contributed by atoms with E-state index >= 15 is 0 Å². The summed E-state index contributed by atoms with van der Waals surface area (Å²) in [6.45, 7) is -0.283.